The van der Waals surface area contributed by atoms with Gasteiger partial charge in [-0.2, -0.15) is 0 Å². The molecule has 0 aromatic rings. The van der Waals surface area contributed by atoms with Gasteiger partial charge in [-0.3, -0.25) is 4.79 Å². The minimum atomic E-state index is 0.0446. The second-order valence-corrected chi connectivity index (χ2v) is 2.95. The highest BCUT2D eigenvalue weighted by molar-refractivity contribution is 5.78. The van der Waals surface area contributed by atoms with E-state index in [0.717, 1.165) is 12.8 Å². The van der Waals surface area contributed by atoms with Crippen molar-refractivity contribution in [2.75, 3.05) is 6.61 Å². The molecule has 1 aliphatic heterocycles. The largest absolute Gasteiger partial charge is 0.366 e. The molecule has 1 aliphatic carbocycles. The molecule has 0 aromatic carbocycles. The van der Waals surface area contributed by atoms with Crippen LogP contribution in [-0.2, 0) is 9.53 Å². The van der Waals surface area contributed by atoms with Crippen LogP contribution in [0.1, 0.15) is 19.3 Å². The zero-order valence-corrected chi connectivity index (χ0v) is 5.80. The van der Waals surface area contributed by atoms with Crippen molar-refractivity contribution in [2.45, 2.75) is 31.4 Å². The summed E-state index contributed by atoms with van der Waals surface area (Å²) in [5.74, 6) is 0.0446. The minimum Gasteiger partial charge on any atom is -0.366 e. The van der Waals surface area contributed by atoms with Crippen molar-refractivity contribution in [1.82, 2.24) is 5.32 Å². The zero-order chi connectivity index (χ0) is 6.97. The first kappa shape index (κ1) is 6.16. The molecule has 0 aromatic heterocycles. The van der Waals surface area contributed by atoms with Gasteiger partial charge in [0, 0.05) is 0 Å². The fourth-order valence-corrected chi connectivity index (χ4v) is 1.72. The summed E-state index contributed by atoms with van der Waals surface area (Å²) < 4.78 is 5.30. The number of morpholine rings is 1. The molecular weight excluding hydrogens is 130 g/mol. The Balaban J connectivity index is 2.03. The molecule has 0 bridgehead atoms. The van der Waals surface area contributed by atoms with Crippen molar-refractivity contribution in [1.29, 1.82) is 0 Å². The predicted octanol–water partition coefficient (Wildman–Crippen LogP) is 0.0539. The van der Waals surface area contributed by atoms with Crippen molar-refractivity contribution < 1.29 is 9.53 Å². The van der Waals surface area contributed by atoms with E-state index in [1.165, 1.54) is 6.42 Å². The molecule has 1 saturated heterocycles. The Kier molecular flexibility index (Phi) is 1.38. The van der Waals surface area contributed by atoms with Gasteiger partial charge >= 0.3 is 0 Å². The van der Waals surface area contributed by atoms with E-state index in [4.69, 9.17) is 4.74 Å². The van der Waals surface area contributed by atoms with Gasteiger partial charge in [-0.1, -0.05) is 0 Å². The first-order valence-corrected chi connectivity index (χ1v) is 3.77. The molecule has 2 rings (SSSR count). The summed E-state index contributed by atoms with van der Waals surface area (Å²) in [6, 6.07) is 0.321. The van der Waals surface area contributed by atoms with Crippen LogP contribution in [0.2, 0.25) is 0 Å². The molecule has 56 valence electrons. The highest BCUT2D eigenvalue weighted by Crippen LogP contribution is 2.23. The number of ether oxygens (including phenoxy) is 1. The van der Waals surface area contributed by atoms with Gasteiger partial charge in [-0.25, -0.2) is 0 Å². The number of amides is 1. The Morgan fingerprint density at radius 3 is 3.30 bits per heavy atom. The Morgan fingerprint density at radius 2 is 2.40 bits per heavy atom. The van der Waals surface area contributed by atoms with Crippen molar-refractivity contribution in [2.24, 2.45) is 0 Å². The molecule has 3 nitrogen and oxygen atoms in total. The van der Waals surface area contributed by atoms with Gasteiger partial charge in [0.25, 0.3) is 0 Å². The Morgan fingerprint density at radius 1 is 1.50 bits per heavy atom. The van der Waals surface area contributed by atoms with Crippen molar-refractivity contribution >= 4 is 5.91 Å². The van der Waals surface area contributed by atoms with Crippen LogP contribution in [0, 0.1) is 0 Å². The third-order valence-electron chi connectivity index (χ3n) is 2.23. The lowest BCUT2D eigenvalue weighted by atomic mass is 10.2. The molecule has 1 amide bonds. The van der Waals surface area contributed by atoms with Crippen molar-refractivity contribution in [3.63, 3.8) is 0 Å². The van der Waals surface area contributed by atoms with E-state index in [1.807, 2.05) is 0 Å². The summed E-state index contributed by atoms with van der Waals surface area (Å²) in [5, 5.41) is 2.91. The normalized spacial score (nSPS) is 39.0. The number of hydrogen-bond acceptors (Lipinski definition) is 2. The van der Waals surface area contributed by atoms with Crippen LogP contribution in [0.15, 0.2) is 0 Å². The van der Waals surface area contributed by atoms with Crippen LogP contribution in [0.5, 0.6) is 0 Å². The monoisotopic (exact) mass is 141 g/mol. The summed E-state index contributed by atoms with van der Waals surface area (Å²) in [4.78, 5) is 10.8. The molecule has 1 heterocycles. The fraction of sp³-hybridized carbons (Fsp3) is 0.857. The molecule has 0 radical (unpaired) electrons. The van der Waals surface area contributed by atoms with E-state index in [9.17, 15) is 4.79 Å². The number of carbonyl (C=O) groups is 1. The van der Waals surface area contributed by atoms with Crippen molar-refractivity contribution in [3.8, 4) is 0 Å². The maximum atomic E-state index is 10.8. The van der Waals surface area contributed by atoms with Gasteiger partial charge in [0.05, 0.1) is 12.1 Å². The summed E-state index contributed by atoms with van der Waals surface area (Å²) in [5.41, 5.74) is 0. The van der Waals surface area contributed by atoms with E-state index in [0.29, 0.717) is 12.1 Å². The first-order valence-electron chi connectivity index (χ1n) is 3.77. The third-order valence-corrected chi connectivity index (χ3v) is 2.23. The molecule has 0 unspecified atom stereocenters. The summed E-state index contributed by atoms with van der Waals surface area (Å²) in [7, 11) is 0. The van der Waals surface area contributed by atoms with Gasteiger partial charge in [0.2, 0.25) is 5.91 Å². The average molecular weight is 141 g/mol. The smallest absolute Gasteiger partial charge is 0.246 e. The van der Waals surface area contributed by atoms with Crippen LogP contribution < -0.4 is 5.32 Å². The standard InChI is InChI=1S/C7H11NO2/c9-7-4-10-6-3-1-2-5(6)8-7/h5-6H,1-4H2,(H,8,9)/t5-,6-/m1/s1. The number of fused-ring (bicyclic) bond motifs is 1. The van der Waals surface area contributed by atoms with E-state index >= 15 is 0 Å². The maximum Gasteiger partial charge on any atom is 0.246 e. The second kappa shape index (κ2) is 2.23. The number of rotatable bonds is 0. The molecule has 0 spiro atoms. The molecule has 1 N–H and O–H groups in total. The van der Waals surface area contributed by atoms with Crippen LogP contribution in [0.3, 0.4) is 0 Å². The van der Waals surface area contributed by atoms with Crippen LogP contribution in [0.25, 0.3) is 0 Å². The van der Waals surface area contributed by atoms with Gasteiger partial charge in [-0.05, 0) is 19.3 Å². The van der Waals surface area contributed by atoms with E-state index in [2.05, 4.69) is 5.32 Å². The molecule has 10 heavy (non-hydrogen) atoms. The Bertz CT molecular complexity index is 158. The SMILES string of the molecule is O=C1CO[C@@H]2CCC[C@H]2N1. The van der Waals surface area contributed by atoms with Crippen LogP contribution in [0.4, 0.5) is 0 Å². The second-order valence-electron chi connectivity index (χ2n) is 2.95. The third kappa shape index (κ3) is 0.904. The van der Waals surface area contributed by atoms with Gasteiger partial charge < -0.3 is 10.1 Å². The average Bonchev–Trinajstić information content (AvgIpc) is 2.33. The molecule has 2 fully saturated rings. The van der Waals surface area contributed by atoms with Crippen LogP contribution in [-0.4, -0.2) is 24.7 Å². The highest BCUT2D eigenvalue weighted by Gasteiger charge is 2.32. The van der Waals surface area contributed by atoms with Crippen LogP contribution >= 0.6 is 0 Å². The lowest BCUT2D eigenvalue weighted by Crippen LogP contribution is -2.48. The topological polar surface area (TPSA) is 38.3 Å². The van der Waals surface area contributed by atoms with E-state index in [1.54, 1.807) is 0 Å². The number of hydrogen-bond donors (Lipinski definition) is 1. The molecule has 2 atom stereocenters. The van der Waals surface area contributed by atoms with E-state index < -0.39 is 0 Å². The van der Waals surface area contributed by atoms with Gasteiger partial charge in [-0.15, -0.1) is 0 Å². The molecule has 1 saturated carbocycles. The Hall–Kier alpha value is -0.570. The molecule has 3 heteroatoms. The maximum absolute atomic E-state index is 10.8. The fourth-order valence-electron chi connectivity index (χ4n) is 1.72. The van der Waals surface area contributed by atoms with E-state index in [-0.39, 0.29) is 12.5 Å². The number of carbonyl (C=O) groups excluding carboxylic acids is 1. The summed E-state index contributed by atoms with van der Waals surface area (Å²) >= 11 is 0. The highest BCUT2D eigenvalue weighted by atomic mass is 16.5. The molecule has 2 aliphatic rings. The molecular formula is C7H11NO2. The van der Waals surface area contributed by atoms with Crippen molar-refractivity contribution in [3.05, 3.63) is 0 Å². The zero-order valence-electron chi connectivity index (χ0n) is 5.80. The van der Waals surface area contributed by atoms with Gasteiger partial charge in [0.15, 0.2) is 0 Å². The lowest BCUT2D eigenvalue weighted by Gasteiger charge is -2.26. The Labute approximate surface area is 59.7 Å². The predicted molar refractivity (Wildman–Crippen MR) is 35.5 cm³/mol. The summed E-state index contributed by atoms with van der Waals surface area (Å²) in [6.45, 7) is 0.265. The van der Waals surface area contributed by atoms with Gasteiger partial charge in [0.1, 0.15) is 6.61 Å². The quantitative estimate of drug-likeness (QED) is 0.517. The first-order chi connectivity index (χ1) is 4.86. The minimum absolute atomic E-state index is 0.0446. The lowest BCUT2D eigenvalue weighted by molar-refractivity contribution is -0.135. The number of nitrogens with one attached hydrogen (secondary N) is 1. The summed E-state index contributed by atoms with van der Waals surface area (Å²) in [6.07, 6.45) is 3.72.